The third kappa shape index (κ3) is 4.05. The number of nitrogens with one attached hydrogen (secondary N) is 1. The third-order valence-electron chi connectivity index (χ3n) is 5.21. The maximum absolute atomic E-state index is 12.5. The van der Waals surface area contributed by atoms with Crippen LogP contribution in [0.5, 0.6) is 11.5 Å². The monoisotopic (exact) mass is 404 g/mol. The molecule has 0 aliphatic carbocycles. The minimum Gasteiger partial charge on any atom is -0.493 e. The Labute approximate surface area is 175 Å². The molecule has 1 aliphatic rings. The smallest absolute Gasteiger partial charge is 0.258 e. The Kier molecular flexibility index (Phi) is 5.52. The van der Waals surface area contributed by atoms with Gasteiger partial charge < -0.3 is 19.7 Å². The summed E-state index contributed by atoms with van der Waals surface area (Å²) < 4.78 is 10.8. The summed E-state index contributed by atoms with van der Waals surface area (Å²) >= 11 is 0. The number of carbonyl (C=O) groups excluding carboxylic acids is 1. The van der Waals surface area contributed by atoms with Gasteiger partial charge in [-0.05, 0) is 66.4 Å². The van der Waals surface area contributed by atoms with Gasteiger partial charge in [0.15, 0.2) is 11.5 Å². The van der Waals surface area contributed by atoms with Crippen LogP contribution in [0.3, 0.4) is 0 Å². The fourth-order valence-corrected chi connectivity index (χ4v) is 3.58. The lowest BCUT2D eigenvalue weighted by Crippen LogP contribution is -2.31. The average molecular weight is 404 g/mol. The molecule has 0 unspecified atom stereocenters. The van der Waals surface area contributed by atoms with Gasteiger partial charge in [-0.3, -0.25) is 4.79 Å². The van der Waals surface area contributed by atoms with E-state index in [0.717, 1.165) is 42.4 Å². The van der Waals surface area contributed by atoms with Crippen molar-refractivity contribution in [2.24, 2.45) is 0 Å². The van der Waals surface area contributed by atoms with E-state index in [4.69, 9.17) is 9.47 Å². The zero-order chi connectivity index (χ0) is 21.1. The Bertz CT molecular complexity index is 1070. The summed E-state index contributed by atoms with van der Waals surface area (Å²) in [6.45, 7) is 3.52. The van der Waals surface area contributed by atoms with Gasteiger partial charge in [-0.2, -0.15) is 0 Å². The van der Waals surface area contributed by atoms with Crippen LogP contribution in [0.2, 0.25) is 0 Å². The summed E-state index contributed by atoms with van der Waals surface area (Å²) in [5.74, 6) is 2.61. The van der Waals surface area contributed by atoms with E-state index in [1.807, 2.05) is 37.3 Å². The lowest BCUT2D eigenvalue weighted by Gasteiger charge is -2.30. The number of pyridine rings is 2. The first-order valence-electron chi connectivity index (χ1n) is 9.76. The van der Waals surface area contributed by atoms with Gasteiger partial charge in [0.25, 0.3) is 5.91 Å². The topological polar surface area (TPSA) is 76.6 Å². The van der Waals surface area contributed by atoms with Crippen LogP contribution in [0.4, 0.5) is 11.6 Å². The van der Waals surface area contributed by atoms with Crippen molar-refractivity contribution in [3.63, 3.8) is 0 Å². The number of hydrogen-bond acceptors (Lipinski definition) is 6. The van der Waals surface area contributed by atoms with E-state index in [1.165, 1.54) is 11.1 Å². The van der Waals surface area contributed by atoms with Crippen molar-refractivity contribution in [1.82, 2.24) is 9.97 Å². The second-order valence-corrected chi connectivity index (χ2v) is 7.23. The quantitative estimate of drug-likeness (QED) is 0.700. The standard InChI is InChI=1S/C23H24N4O3/c1-15-6-8-24-21(10-15)26-23(28)17-4-5-22(25-13-17)27-9-7-16-11-19(29-2)20(30-3)12-18(16)14-27/h4-6,8,10-13H,7,9,14H2,1-3H3,(H,24,26,28). The van der Waals surface area contributed by atoms with Crippen molar-refractivity contribution in [1.29, 1.82) is 0 Å². The highest BCUT2D eigenvalue weighted by Gasteiger charge is 2.20. The first-order chi connectivity index (χ1) is 14.6. The number of amides is 1. The molecule has 7 nitrogen and oxygen atoms in total. The molecular weight excluding hydrogens is 380 g/mol. The fourth-order valence-electron chi connectivity index (χ4n) is 3.58. The highest BCUT2D eigenvalue weighted by molar-refractivity contribution is 6.03. The Balaban J connectivity index is 1.47. The van der Waals surface area contributed by atoms with Crippen LogP contribution in [0.15, 0.2) is 48.8 Å². The first-order valence-corrected chi connectivity index (χ1v) is 9.76. The summed E-state index contributed by atoms with van der Waals surface area (Å²) in [5, 5.41) is 2.81. The zero-order valence-corrected chi connectivity index (χ0v) is 17.3. The summed E-state index contributed by atoms with van der Waals surface area (Å²) in [5.41, 5.74) is 3.97. The predicted molar refractivity (Wildman–Crippen MR) is 115 cm³/mol. The van der Waals surface area contributed by atoms with Gasteiger partial charge in [0, 0.05) is 25.5 Å². The van der Waals surface area contributed by atoms with Gasteiger partial charge in [-0.25, -0.2) is 9.97 Å². The molecule has 4 rings (SSSR count). The van der Waals surface area contributed by atoms with Crippen LogP contribution in [0.25, 0.3) is 0 Å². The van der Waals surface area contributed by atoms with Crippen LogP contribution in [0.1, 0.15) is 27.0 Å². The highest BCUT2D eigenvalue weighted by atomic mass is 16.5. The summed E-state index contributed by atoms with van der Waals surface area (Å²) in [4.78, 5) is 23.4. The SMILES string of the molecule is COc1cc2c(cc1OC)CN(c1ccc(C(=O)Nc3cc(C)ccn3)cn1)CC2. The lowest BCUT2D eigenvalue weighted by molar-refractivity contribution is 0.102. The molecule has 1 N–H and O–H groups in total. The van der Waals surface area contributed by atoms with E-state index in [1.54, 1.807) is 32.7 Å². The van der Waals surface area contributed by atoms with Gasteiger partial charge in [0.2, 0.25) is 0 Å². The Morgan fingerprint density at radius 2 is 1.80 bits per heavy atom. The Hall–Kier alpha value is -3.61. The number of rotatable bonds is 5. The van der Waals surface area contributed by atoms with E-state index in [0.29, 0.717) is 11.4 Å². The van der Waals surface area contributed by atoms with Gasteiger partial charge in [0.05, 0.1) is 19.8 Å². The number of carbonyl (C=O) groups is 1. The van der Waals surface area contributed by atoms with E-state index in [2.05, 4.69) is 20.2 Å². The van der Waals surface area contributed by atoms with E-state index in [9.17, 15) is 4.79 Å². The molecule has 0 fully saturated rings. The molecule has 154 valence electrons. The molecule has 1 amide bonds. The molecule has 0 saturated heterocycles. The van der Waals surface area contributed by atoms with E-state index >= 15 is 0 Å². The number of anilines is 2. The molecular formula is C23H24N4O3. The molecule has 1 aromatic carbocycles. The molecule has 2 aromatic heterocycles. The van der Waals surface area contributed by atoms with Crippen molar-refractivity contribution in [3.05, 3.63) is 71.0 Å². The minimum absolute atomic E-state index is 0.229. The molecule has 3 aromatic rings. The van der Waals surface area contributed by atoms with Crippen molar-refractivity contribution in [2.45, 2.75) is 19.9 Å². The third-order valence-corrected chi connectivity index (χ3v) is 5.21. The van der Waals surface area contributed by atoms with Gasteiger partial charge in [-0.1, -0.05) is 0 Å². The van der Waals surface area contributed by atoms with E-state index in [-0.39, 0.29) is 5.91 Å². The number of hydrogen-bond donors (Lipinski definition) is 1. The first kappa shape index (κ1) is 19.7. The average Bonchev–Trinajstić information content (AvgIpc) is 2.77. The predicted octanol–water partition coefficient (Wildman–Crippen LogP) is 3.62. The van der Waals surface area contributed by atoms with Gasteiger partial charge in [0.1, 0.15) is 11.6 Å². The molecule has 0 bridgehead atoms. The van der Waals surface area contributed by atoms with Crippen LogP contribution >= 0.6 is 0 Å². The summed E-state index contributed by atoms with van der Waals surface area (Å²) in [6, 6.07) is 11.5. The second kappa shape index (κ2) is 8.41. The molecule has 0 saturated carbocycles. The highest BCUT2D eigenvalue weighted by Crippen LogP contribution is 2.34. The Morgan fingerprint density at radius 3 is 2.47 bits per heavy atom. The molecule has 0 atom stereocenters. The second-order valence-electron chi connectivity index (χ2n) is 7.23. The maximum Gasteiger partial charge on any atom is 0.258 e. The van der Waals surface area contributed by atoms with E-state index < -0.39 is 0 Å². The largest absolute Gasteiger partial charge is 0.493 e. The number of methoxy groups -OCH3 is 2. The van der Waals surface area contributed by atoms with Crippen LogP contribution in [0, 0.1) is 6.92 Å². The maximum atomic E-state index is 12.5. The number of aromatic nitrogens is 2. The number of nitrogens with zero attached hydrogens (tertiary/aromatic N) is 3. The zero-order valence-electron chi connectivity index (χ0n) is 17.3. The number of aryl methyl sites for hydroxylation is 1. The molecule has 1 aliphatic heterocycles. The van der Waals surface area contributed by atoms with Crippen molar-refractivity contribution in [2.75, 3.05) is 31.0 Å². The Morgan fingerprint density at radius 1 is 1.03 bits per heavy atom. The summed E-state index contributed by atoms with van der Waals surface area (Å²) in [6.07, 6.45) is 4.16. The van der Waals surface area contributed by atoms with Crippen molar-refractivity contribution >= 4 is 17.5 Å². The molecule has 30 heavy (non-hydrogen) atoms. The molecule has 0 spiro atoms. The fraction of sp³-hybridized carbons (Fsp3) is 0.261. The number of fused-ring (bicyclic) bond motifs is 1. The minimum atomic E-state index is -0.229. The number of benzene rings is 1. The van der Waals surface area contributed by atoms with Crippen molar-refractivity contribution < 1.29 is 14.3 Å². The normalized spacial score (nSPS) is 12.8. The van der Waals surface area contributed by atoms with Gasteiger partial charge in [-0.15, -0.1) is 0 Å². The van der Waals surface area contributed by atoms with Crippen molar-refractivity contribution in [3.8, 4) is 11.5 Å². The molecule has 7 heteroatoms. The van der Waals surface area contributed by atoms with Crippen LogP contribution < -0.4 is 19.7 Å². The van der Waals surface area contributed by atoms with Crippen LogP contribution in [-0.2, 0) is 13.0 Å². The molecule has 0 radical (unpaired) electrons. The summed E-state index contributed by atoms with van der Waals surface area (Å²) in [7, 11) is 3.29. The van der Waals surface area contributed by atoms with Crippen LogP contribution in [-0.4, -0.2) is 36.6 Å². The number of ether oxygens (including phenoxy) is 2. The lowest BCUT2D eigenvalue weighted by atomic mass is 9.98. The van der Waals surface area contributed by atoms with Gasteiger partial charge >= 0.3 is 0 Å². The molecule has 3 heterocycles.